The van der Waals surface area contributed by atoms with Gasteiger partial charge in [0.05, 0.1) is 5.56 Å². The molecule has 0 aliphatic rings. The van der Waals surface area contributed by atoms with Crippen LogP contribution in [0, 0.1) is 5.92 Å². The number of benzene rings is 2. The van der Waals surface area contributed by atoms with E-state index in [4.69, 9.17) is 22.1 Å². The number of esters is 1. The van der Waals surface area contributed by atoms with Gasteiger partial charge in [-0.15, -0.1) is 12.4 Å². The lowest BCUT2D eigenvalue weighted by molar-refractivity contribution is -0.136. The summed E-state index contributed by atoms with van der Waals surface area (Å²) in [5.41, 5.74) is 6.57. The van der Waals surface area contributed by atoms with Crippen LogP contribution in [-0.4, -0.2) is 17.9 Å². The Hall–Kier alpha value is -2.08. The Kier molecular flexibility index (Phi) is 7.90. The van der Waals surface area contributed by atoms with Gasteiger partial charge in [-0.3, -0.25) is 4.79 Å². The largest absolute Gasteiger partial charge is 0.425 e. The molecule has 0 radical (unpaired) electrons. The molecule has 0 heterocycles. The molecule has 1 atom stereocenters. The Labute approximate surface area is 157 Å². The van der Waals surface area contributed by atoms with Gasteiger partial charge >= 0.3 is 5.97 Å². The molecule has 0 unspecified atom stereocenters. The molecular weight excluding hydrogens is 363 g/mol. The number of nitrogens with one attached hydrogen (secondary N) is 1. The molecule has 5 nitrogen and oxygen atoms in total. The normalized spacial score (nSPS) is 11.4. The van der Waals surface area contributed by atoms with E-state index in [0.29, 0.717) is 10.7 Å². The predicted octanol–water partition coefficient (Wildman–Crippen LogP) is 3.90. The van der Waals surface area contributed by atoms with Crippen LogP contribution in [0.4, 0.5) is 5.69 Å². The van der Waals surface area contributed by atoms with Crippen LogP contribution in [0.1, 0.15) is 24.2 Å². The van der Waals surface area contributed by atoms with Gasteiger partial charge in [-0.05, 0) is 36.2 Å². The van der Waals surface area contributed by atoms with Crippen LogP contribution >= 0.6 is 24.0 Å². The summed E-state index contributed by atoms with van der Waals surface area (Å²) < 4.78 is 5.30. The highest BCUT2D eigenvalue weighted by atomic mass is 35.5. The molecule has 3 N–H and O–H groups in total. The molecule has 0 aromatic heterocycles. The average Bonchev–Trinajstić information content (AvgIpc) is 2.56. The van der Waals surface area contributed by atoms with Gasteiger partial charge in [0.25, 0.3) is 5.91 Å². The Bertz CT molecular complexity index is 736. The third kappa shape index (κ3) is 5.74. The maximum Gasteiger partial charge on any atom is 0.328 e. The minimum absolute atomic E-state index is 0. The first kappa shape index (κ1) is 21.0. The van der Waals surface area contributed by atoms with Gasteiger partial charge in [0.2, 0.25) is 0 Å². The van der Waals surface area contributed by atoms with Crippen molar-refractivity contribution in [3.63, 3.8) is 0 Å². The number of rotatable bonds is 5. The molecular formula is C18H20Cl2N2O3. The highest BCUT2D eigenvalue weighted by molar-refractivity contribution is 6.31. The number of ether oxygens (including phenoxy) is 1. The van der Waals surface area contributed by atoms with Crippen LogP contribution in [0.2, 0.25) is 5.02 Å². The van der Waals surface area contributed by atoms with Crippen molar-refractivity contribution in [2.45, 2.75) is 19.9 Å². The van der Waals surface area contributed by atoms with E-state index in [2.05, 4.69) is 5.32 Å². The van der Waals surface area contributed by atoms with Crippen molar-refractivity contribution < 1.29 is 14.3 Å². The molecule has 7 heteroatoms. The second kappa shape index (κ2) is 9.42. The first-order valence-corrected chi connectivity index (χ1v) is 7.89. The van der Waals surface area contributed by atoms with E-state index in [1.807, 2.05) is 19.9 Å². The van der Waals surface area contributed by atoms with E-state index >= 15 is 0 Å². The summed E-state index contributed by atoms with van der Waals surface area (Å²) in [6.07, 6.45) is 0. The second-order valence-electron chi connectivity index (χ2n) is 5.65. The third-order valence-corrected chi connectivity index (χ3v) is 3.65. The van der Waals surface area contributed by atoms with Crippen LogP contribution in [0.25, 0.3) is 0 Å². The summed E-state index contributed by atoms with van der Waals surface area (Å²) in [5, 5.41) is 3.09. The van der Waals surface area contributed by atoms with Crippen LogP contribution in [-0.2, 0) is 4.79 Å². The second-order valence-corrected chi connectivity index (χ2v) is 6.09. The molecule has 25 heavy (non-hydrogen) atoms. The monoisotopic (exact) mass is 382 g/mol. The summed E-state index contributed by atoms with van der Waals surface area (Å²) in [5.74, 6) is -0.981. The number of para-hydroxylation sites is 1. The highest BCUT2D eigenvalue weighted by Crippen LogP contribution is 2.25. The molecule has 0 saturated heterocycles. The summed E-state index contributed by atoms with van der Waals surface area (Å²) in [7, 11) is 0. The first-order chi connectivity index (χ1) is 11.4. The number of carbonyl (C=O) groups excluding carboxylic acids is 2. The molecule has 134 valence electrons. The Morgan fingerprint density at radius 2 is 1.76 bits per heavy atom. The maximum absolute atomic E-state index is 12.5. The smallest absolute Gasteiger partial charge is 0.328 e. The summed E-state index contributed by atoms with van der Waals surface area (Å²) >= 11 is 5.97. The zero-order chi connectivity index (χ0) is 17.7. The van der Waals surface area contributed by atoms with Crippen LogP contribution in [0.5, 0.6) is 5.75 Å². The number of anilines is 1. The van der Waals surface area contributed by atoms with Gasteiger partial charge < -0.3 is 15.8 Å². The summed E-state index contributed by atoms with van der Waals surface area (Å²) in [6.45, 7) is 3.63. The number of carbonyl (C=O) groups is 2. The van der Waals surface area contributed by atoms with E-state index in [0.717, 1.165) is 0 Å². The molecule has 0 fully saturated rings. The Morgan fingerprint density at radius 3 is 2.36 bits per heavy atom. The zero-order valence-electron chi connectivity index (χ0n) is 13.9. The number of hydrogen-bond donors (Lipinski definition) is 2. The number of halogens is 2. The van der Waals surface area contributed by atoms with E-state index < -0.39 is 17.9 Å². The van der Waals surface area contributed by atoms with Gasteiger partial charge in [0, 0.05) is 10.7 Å². The lowest BCUT2D eigenvalue weighted by Crippen LogP contribution is -2.38. The minimum atomic E-state index is -0.772. The van der Waals surface area contributed by atoms with Crippen molar-refractivity contribution in [3.8, 4) is 5.75 Å². The molecule has 2 aromatic rings. The SMILES string of the molecule is CC(C)[C@H](N)C(=O)Oc1ccc(Cl)cc1C(=O)Nc1ccccc1.Cl. The van der Waals surface area contributed by atoms with Crippen molar-refractivity contribution in [3.05, 3.63) is 59.1 Å². The number of nitrogens with two attached hydrogens (primary N) is 1. The van der Waals surface area contributed by atoms with Gasteiger partial charge in [-0.25, -0.2) is 4.79 Å². The van der Waals surface area contributed by atoms with E-state index in [1.54, 1.807) is 30.3 Å². The quantitative estimate of drug-likeness (QED) is 0.606. The lowest BCUT2D eigenvalue weighted by Gasteiger charge is -2.16. The summed E-state index contributed by atoms with van der Waals surface area (Å²) in [6, 6.07) is 12.7. The summed E-state index contributed by atoms with van der Waals surface area (Å²) in [4.78, 5) is 24.5. The first-order valence-electron chi connectivity index (χ1n) is 7.51. The van der Waals surface area contributed by atoms with Crippen molar-refractivity contribution in [1.82, 2.24) is 0 Å². The van der Waals surface area contributed by atoms with Crippen molar-refractivity contribution in [1.29, 1.82) is 0 Å². The van der Waals surface area contributed by atoms with Crippen molar-refractivity contribution >= 4 is 41.6 Å². The predicted molar refractivity (Wildman–Crippen MR) is 102 cm³/mol. The van der Waals surface area contributed by atoms with Crippen LogP contribution in [0.3, 0.4) is 0 Å². The number of hydrogen-bond acceptors (Lipinski definition) is 4. The molecule has 0 aliphatic carbocycles. The van der Waals surface area contributed by atoms with Gasteiger partial charge in [-0.1, -0.05) is 43.6 Å². The van der Waals surface area contributed by atoms with Crippen molar-refractivity contribution in [2.24, 2.45) is 11.7 Å². The molecule has 0 bridgehead atoms. The molecule has 0 saturated carbocycles. The Morgan fingerprint density at radius 1 is 1.12 bits per heavy atom. The van der Waals surface area contributed by atoms with Crippen LogP contribution < -0.4 is 15.8 Å². The Balaban J connectivity index is 0.00000312. The van der Waals surface area contributed by atoms with E-state index in [9.17, 15) is 9.59 Å². The fraction of sp³-hybridized carbons (Fsp3) is 0.222. The van der Waals surface area contributed by atoms with E-state index in [-0.39, 0.29) is 29.6 Å². The molecule has 0 spiro atoms. The molecule has 2 rings (SSSR count). The zero-order valence-corrected chi connectivity index (χ0v) is 15.4. The fourth-order valence-corrected chi connectivity index (χ4v) is 2.11. The average molecular weight is 383 g/mol. The van der Waals surface area contributed by atoms with E-state index in [1.165, 1.54) is 12.1 Å². The van der Waals surface area contributed by atoms with Gasteiger partial charge in [-0.2, -0.15) is 0 Å². The highest BCUT2D eigenvalue weighted by Gasteiger charge is 2.22. The molecule has 1 amide bonds. The lowest BCUT2D eigenvalue weighted by atomic mass is 10.1. The molecule has 0 aliphatic heterocycles. The molecule has 2 aromatic carbocycles. The van der Waals surface area contributed by atoms with Gasteiger partial charge in [0.15, 0.2) is 0 Å². The number of amides is 1. The van der Waals surface area contributed by atoms with Crippen molar-refractivity contribution in [2.75, 3.05) is 5.32 Å². The minimum Gasteiger partial charge on any atom is -0.425 e. The third-order valence-electron chi connectivity index (χ3n) is 3.42. The standard InChI is InChI=1S/C18H19ClN2O3.ClH/c1-11(2)16(20)18(23)24-15-9-8-12(19)10-14(15)17(22)21-13-6-4-3-5-7-13;/h3-11,16H,20H2,1-2H3,(H,21,22);1H/t16-;/m0./s1. The van der Waals surface area contributed by atoms with Gasteiger partial charge in [0.1, 0.15) is 11.8 Å². The topological polar surface area (TPSA) is 81.4 Å². The van der Waals surface area contributed by atoms with Crippen LogP contribution in [0.15, 0.2) is 48.5 Å². The maximum atomic E-state index is 12.5. The fourth-order valence-electron chi connectivity index (χ4n) is 1.94.